The second-order valence-electron chi connectivity index (χ2n) is 1.22. The first-order chi connectivity index (χ1) is 5.29. The Balaban J connectivity index is -0.0000000110. The fourth-order valence-electron chi connectivity index (χ4n) is 0. The molecule has 0 aromatic heterocycles. The van der Waals surface area contributed by atoms with Crippen LogP contribution < -0.4 is 51.4 Å². The monoisotopic (exact) mass is 361 g/mol. The molecule has 0 aromatic carbocycles. The first-order valence-corrected chi connectivity index (χ1v) is 2.21. The Bertz CT molecular complexity index is 181. The number of hydrogen-bond acceptors (Lipinski definition) is 4. The molecule has 0 atom stereocenters. The van der Waals surface area contributed by atoms with Crippen molar-refractivity contribution in [2.24, 2.45) is 0 Å². The molecule has 0 aliphatic heterocycles. The third-order valence-corrected chi connectivity index (χ3v) is 0.366. The van der Waals surface area contributed by atoms with Crippen LogP contribution in [0.25, 0.3) is 0 Å². The molecule has 0 aromatic rings. The van der Waals surface area contributed by atoms with Gasteiger partial charge in [-0.1, -0.05) is 0 Å². The summed E-state index contributed by atoms with van der Waals surface area (Å²) in [6.07, 6.45) is 0. The molecule has 0 heterocycles. The van der Waals surface area contributed by atoms with Gasteiger partial charge in [-0.25, -0.2) is 19.2 Å². The normalized spacial score (nSPS) is 4.63. The number of rotatable bonds is 0. The molecule has 0 amide bonds. The van der Waals surface area contributed by atoms with Crippen molar-refractivity contribution >= 4 is 23.9 Å². The van der Waals surface area contributed by atoms with Gasteiger partial charge in [0.05, 0.1) is 0 Å². The Labute approximate surface area is 158 Å². The summed E-state index contributed by atoms with van der Waals surface area (Å²) in [5, 5.41) is 29.6. The zero-order valence-corrected chi connectivity index (χ0v) is 13.7. The molecule has 0 unspecified atom stereocenters. The van der Waals surface area contributed by atoms with Crippen molar-refractivity contribution in [2.45, 2.75) is 0 Å². The molecule has 0 bridgehead atoms. The predicted molar refractivity (Wildman–Crippen MR) is 48.6 cm³/mol. The van der Waals surface area contributed by atoms with E-state index in [0.29, 0.717) is 0 Å². The Kier molecular flexibility index (Phi) is 118. The van der Waals surface area contributed by atoms with E-state index in [2.05, 4.69) is 0 Å². The van der Waals surface area contributed by atoms with Crippen LogP contribution >= 0.6 is 0 Å². The van der Waals surface area contributed by atoms with Gasteiger partial charge >= 0.3 is 75.3 Å². The number of hydrogen-bond donors (Lipinski definition) is 4. The molecule has 114 valence electrons. The van der Waals surface area contributed by atoms with Crippen LogP contribution in [0.3, 0.4) is 0 Å². The molecule has 0 fully saturated rings. The van der Waals surface area contributed by atoms with Crippen LogP contribution in [0.5, 0.6) is 0 Å². The minimum Gasteiger partial charge on any atom is -0.473 e. The molecule has 0 saturated carbocycles. The van der Waals surface area contributed by atoms with Gasteiger partial charge in [0.2, 0.25) is 0 Å². The van der Waals surface area contributed by atoms with Gasteiger partial charge in [0.1, 0.15) is 0 Å². The Morgan fingerprint density at radius 3 is 0.526 bits per heavy atom. The van der Waals surface area contributed by atoms with E-state index in [1.54, 1.807) is 0 Å². The van der Waals surface area contributed by atoms with E-state index in [1.165, 1.54) is 0 Å². The van der Waals surface area contributed by atoms with Gasteiger partial charge < -0.3 is 47.8 Å². The summed E-state index contributed by atoms with van der Waals surface area (Å²) in [5.74, 6) is -7.30. The van der Waals surface area contributed by atoms with Crippen LogP contribution in [0.15, 0.2) is 0 Å². The van der Waals surface area contributed by atoms with Crippen molar-refractivity contribution in [3.8, 4) is 0 Å². The van der Waals surface area contributed by atoms with Gasteiger partial charge in [0.25, 0.3) is 0 Å². The summed E-state index contributed by atoms with van der Waals surface area (Å²) in [7, 11) is 0. The smallest absolute Gasteiger partial charge is 0.473 e. The van der Waals surface area contributed by atoms with E-state index in [9.17, 15) is 0 Å². The van der Waals surface area contributed by atoms with E-state index in [-0.39, 0.29) is 96.1 Å². The quantitative estimate of drug-likeness (QED) is 0.236. The summed E-state index contributed by atoms with van der Waals surface area (Å²) in [6, 6.07) is 0. The zero-order valence-electron chi connectivity index (χ0n) is 9.33. The third-order valence-electron chi connectivity index (χ3n) is 0.366. The molecule has 0 radical (unpaired) electrons. The maximum Gasteiger partial charge on any atom is 1.00 e. The SMILES string of the molecule is O.O.O.O.O.O=C(O)C(=O)O.O=C(O)C(=O)O.[Cr].[K+]. The largest absolute Gasteiger partial charge is 1.00 e. The van der Waals surface area contributed by atoms with Crippen molar-refractivity contribution < 1.29 is 136 Å². The first-order valence-electron chi connectivity index (χ1n) is 2.21. The van der Waals surface area contributed by atoms with Crippen molar-refractivity contribution in [2.75, 3.05) is 0 Å². The number of aliphatic carboxylic acids is 4. The molecular formula is C4H14CrKO13+. The minimum absolute atomic E-state index is 0. The number of carboxylic acids is 4. The third kappa shape index (κ3) is 72.8. The van der Waals surface area contributed by atoms with Crippen LogP contribution in [0.1, 0.15) is 0 Å². The summed E-state index contributed by atoms with van der Waals surface area (Å²) >= 11 is 0. The van der Waals surface area contributed by atoms with Crippen molar-refractivity contribution in [3.05, 3.63) is 0 Å². The molecule has 0 aliphatic carbocycles. The van der Waals surface area contributed by atoms with Gasteiger partial charge in [-0.3, -0.25) is 0 Å². The Morgan fingerprint density at radius 1 is 0.474 bits per heavy atom. The maximum atomic E-state index is 9.10. The number of carbonyl (C=O) groups is 4. The predicted octanol–water partition coefficient (Wildman–Crippen LogP) is -8.81. The average Bonchev–Trinajstić information content (AvgIpc) is 1.88. The first kappa shape index (κ1) is 61.9. The number of carboxylic acid groups (broad SMARTS) is 4. The Hall–Kier alpha value is -0.151. The van der Waals surface area contributed by atoms with Crippen LogP contribution in [-0.2, 0) is 36.5 Å². The summed E-state index contributed by atoms with van der Waals surface area (Å²) in [5.41, 5.74) is 0. The van der Waals surface area contributed by atoms with Crippen LogP contribution in [0, 0.1) is 0 Å². The molecule has 0 rings (SSSR count). The van der Waals surface area contributed by atoms with E-state index in [1.807, 2.05) is 0 Å². The van der Waals surface area contributed by atoms with Gasteiger partial charge in [-0.2, -0.15) is 0 Å². The molecular weight excluding hydrogens is 347 g/mol. The molecule has 0 saturated heterocycles. The summed E-state index contributed by atoms with van der Waals surface area (Å²) < 4.78 is 0. The molecule has 0 aliphatic rings. The van der Waals surface area contributed by atoms with Crippen molar-refractivity contribution in [1.82, 2.24) is 0 Å². The molecule has 13 nitrogen and oxygen atoms in total. The maximum absolute atomic E-state index is 9.10. The Morgan fingerprint density at radius 2 is 0.526 bits per heavy atom. The van der Waals surface area contributed by atoms with Crippen LogP contribution in [0.2, 0.25) is 0 Å². The van der Waals surface area contributed by atoms with Gasteiger partial charge in [-0.05, 0) is 0 Å². The van der Waals surface area contributed by atoms with Gasteiger partial charge in [0, 0.05) is 17.4 Å². The van der Waals surface area contributed by atoms with Gasteiger partial charge in [0.15, 0.2) is 0 Å². The fraction of sp³-hybridized carbons (Fsp3) is 0. The fourth-order valence-corrected chi connectivity index (χ4v) is 0. The molecule has 14 N–H and O–H groups in total. The standard InChI is InChI=1S/2C2H2O4.Cr.K.5H2O/c2*3-1(4)2(5)6;;;;;;;/h2*(H,3,4)(H,5,6);;;5*1H2/q;;;+1;;;;;. The van der Waals surface area contributed by atoms with Gasteiger partial charge in [-0.15, -0.1) is 0 Å². The molecule has 15 heteroatoms. The van der Waals surface area contributed by atoms with Crippen LogP contribution in [-0.4, -0.2) is 71.7 Å². The summed E-state index contributed by atoms with van der Waals surface area (Å²) in [6.45, 7) is 0. The second-order valence-corrected chi connectivity index (χ2v) is 1.22. The van der Waals surface area contributed by atoms with E-state index in [0.717, 1.165) is 0 Å². The topological polar surface area (TPSA) is 307 Å². The van der Waals surface area contributed by atoms with E-state index < -0.39 is 23.9 Å². The zero-order chi connectivity index (χ0) is 10.3. The van der Waals surface area contributed by atoms with Crippen LogP contribution in [0.4, 0.5) is 0 Å². The summed E-state index contributed by atoms with van der Waals surface area (Å²) in [4.78, 5) is 36.4. The minimum atomic E-state index is -1.82. The van der Waals surface area contributed by atoms with E-state index >= 15 is 0 Å². The second kappa shape index (κ2) is 36.1. The van der Waals surface area contributed by atoms with E-state index in [4.69, 9.17) is 39.6 Å². The average molecular weight is 361 g/mol. The van der Waals surface area contributed by atoms with Crippen molar-refractivity contribution in [1.29, 1.82) is 0 Å². The molecule has 19 heavy (non-hydrogen) atoms. The van der Waals surface area contributed by atoms with Crippen molar-refractivity contribution in [3.63, 3.8) is 0 Å². The molecule has 0 spiro atoms.